The molecule has 0 bridgehead atoms. The molecule has 2 heterocycles. The first-order chi connectivity index (χ1) is 10.4. The number of imide groups is 1. The van der Waals surface area contributed by atoms with Gasteiger partial charge >= 0.3 is 0 Å². The average Bonchev–Trinajstić information content (AvgIpc) is 2.39. The van der Waals surface area contributed by atoms with Gasteiger partial charge in [0.15, 0.2) is 17.7 Å². The van der Waals surface area contributed by atoms with E-state index < -0.39 is 23.6 Å². The predicted molar refractivity (Wildman–Crippen MR) is 73.3 cm³/mol. The van der Waals surface area contributed by atoms with E-state index in [9.17, 15) is 18.4 Å². The highest BCUT2D eigenvalue weighted by Gasteiger charge is 2.31. The highest BCUT2D eigenvalue weighted by molar-refractivity contribution is 5.99. The van der Waals surface area contributed by atoms with Crippen LogP contribution in [0.5, 0.6) is 5.75 Å². The Morgan fingerprint density at radius 2 is 1.86 bits per heavy atom. The summed E-state index contributed by atoms with van der Waals surface area (Å²) in [7, 11) is 0. The van der Waals surface area contributed by atoms with Crippen molar-refractivity contribution in [2.24, 2.45) is 5.73 Å². The largest absolute Gasteiger partial charge is 0.480 e. The number of carbonyl (C=O) groups is 2. The Labute approximate surface area is 125 Å². The van der Waals surface area contributed by atoms with E-state index >= 15 is 0 Å². The third kappa shape index (κ3) is 2.74. The fraction of sp³-hybridized carbons (Fsp3) is 0.429. The molecule has 2 amide bonds. The van der Waals surface area contributed by atoms with Crippen molar-refractivity contribution in [1.29, 1.82) is 0 Å². The maximum atomic E-state index is 14.1. The predicted octanol–water partition coefficient (Wildman–Crippen LogP) is 0.296. The fourth-order valence-corrected chi connectivity index (χ4v) is 2.56. The summed E-state index contributed by atoms with van der Waals surface area (Å²) in [6.45, 7) is 0.780. The SMILES string of the molecule is NC1CN(c2c(F)cc(OC3CCC(=O)NC3=O)cc2F)C1. The van der Waals surface area contributed by atoms with Gasteiger partial charge in [-0.15, -0.1) is 0 Å². The van der Waals surface area contributed by atoms with Crippen molar-refractivity contribution in [2.45, 2.75) is 25.0 Å². The molecule has 0 aliphatic carbocycles. The molecule has 3 N–H and O–H groups in total. The highest BCUT2D eigenvalue weighted by atomic mass is 19.1. The summed E-state index contributed by atoms with van der Waals surface area (Å²) in [4.78, 5) is 24.1. The zero-order chi connectivity index (χ0) is 15.9. The summed E-state index contributed by atoms with van der Waals surface area (Å²) in [5.41, 5.74) is 5.46. The molecule has 0 saturated carbocycles. The molecule has 2 aliphatic heterocycles. The number of anilines is 1. The smallest absolute Gasteiger partial charge is 0.267 e. The number of nitrogens with one attached hydrogen (secondary N) is 1. The van der Waals surface area contributed by atoms with Gasteiger partial charge in [-0.2, -0.15) is 0 Å². The van der Waals surface area contributed by atoms with Gasteiger partial charge in [0.05, 0.1) is 0 Å². The van der Waals surface area contributed by atoms with Crippen LogP contribution in [0.2, 0.25) is 0 Å². The van der Waals surface area contributed by atoms with Crippen molar-refractivity contribution in [3.05, 3.63) is 23.8 Å². The van der Waals surface area contributed by atoms with Crippen LogP contribution in [0.1, 0.15) is 12.8 Å². The maximum absolute atomic E-state index is 14.1. The van der Waals surface area contributed by atoms with Crippen LogP contribution in [0.15, 0.2) is 12.1 Å². The summed E-state index contributed by atoms with van der Waals surface area (Å²) in [6.07, 6.45) is -0.623. The zero-order valence-electron chi connectivity index (χ0n) is 11.6. The molecule has 6 nitrogen and oxygen atoms in total. The lowest BCUT2D eigenvalue weighted by Gasteiger charge is -2.39. The number of ether oxygens (including phenoxy) is 1. The van der Waals surface area contributed by atoms with Gasteiger partial charge in [0.1, 0.15) is 11.4 Å². The fourth-order valence-electron chi connectivity index (χ4n) is 2.56. The number of hydrogen-bond donors (Lipinski definition) is 2. The van der Waals surface area contributed by atoms with Gasteiger partial charge in [0, 0.05) is 44.1 Å². The molecule has 1 aromatic carbocycles. The summed E-state index contributed by atoms with van der Waals surface area (Å²) >= 11 is 0. The molecule has 1 unspecified atom stereocenters. The van der Waals surface area contributed by atoms with Crippen LogP contribution in [-0.2, 0) is 9.59 Å². The Morgan fingerprint density at radius 1 is 1.23 bits per heavy atom. The molecular formula is C14H15F2N3O3. The van der Waals surface area contributed by atoms with Gasteiger partial charge in [0.25, 0.3) is 5.91 Å². The van der Waals surface area contributed by atoms with E-state index in [4.69, 9.17) is 10.5 Å². The highest BCUT2D eigenvalue weighted by Crippen LogP contribution is 2.31. The van der Waals surface area contributed by atoms with Crippen LogP contribution >= 0.6 is 0 Å². The summed E-state index contributed by atoms with van der Waals surface area (Å²) in [6, 6.07) is 1.98. The Morgan fingerprint density at radius 3 is 2.41 bits per heavy atom. The number of hydrogen-bond acceptors (Lipinski definition) is 5. The van der Waals surface area contributed by atoms with E-state index in [1.165, 1.54) is 4.90 Å². The minimum absolute atomic E-state index is 0.0850. The number of nitrogens with zero attached hydrogens (tertiary/aromatic N) is 1. The van der Waals surface area contributed by atoms with Gasteiger partial charge in [-0.1, -0.05) is 0 Å². The second-order valence-corrected chi connectivity index (χ2v) is 5.46. The number of piperidine rings is 1. The second-order valence-electron chi connectivity index (χ2n) is 5.46. The molecule has 22 heavy (non-hydrogen) atoms. The molecule has 0 spiro atoms. The molecule has 3 rings (SSSR count). The Kier molecular flexibility index (Phi) is 3.69. The summed E-state index contributed by atoms with van der Waals surface area (Å²) in [5, 5.41) is 2.12. The van der Waals surface area contributed by atoms with Crippen LogP contribution in [0.25, 0.3) is 0 Å². The van der Waals surface area contributed by atoms with Crippen molar-refractivity contribution < 1.29 is 23.1 Å². The van der Waals surface area contributed by atoms with Crippen LogP contribution in [-0.4, -0.2) is 37.0 Å². The van der Waals surface area contributed by atoms with Gasteiger partial charge in [-0.05, 0) is 0 Å². The number of amides is 2. The lowest BCUT2D eigenvalue weighted by Crippen LogP contribution is -2.56. The first kappa shape index (κ1) is 14.7. The summed E-state index contributed by atoms with van der Waals surface area (Å²) in [5.74, 6) is -2.61. The molecule has 0 radical (unpaired) electrons. The Hall–Kier alpha value is -2.22. The first-order valence-corrected chi connectivity index (χ1v) is 6.94. The van der Waals surface area contributed by atoms with Gasteiger partial charge in [-0.25, -0.2) is 8.78 Å². The monoisotopic (exact) mass is 311 g/mol. The van der Waals surface area contributed by atoms with Crippen LogP contribution in [0.3, 0.4) is 0 Å². The van der Waals surface area contributed by atoms with Gasteiger partial charge in [-0.3, -0.25) is 14.9 Å². The molecule has 0 aromatic heterocycles. The zero-order valence-corrected chi connectivity index (χ0v) is 11.6. The normalized spacial score (nSPS) is 22.3. The number of nitrogens with two attached hydrogens (primary N) is 1. The van der Waals surface area contributed by atoms with Crippen molar-refractivity contribution in [1.82, 2.24) is 5.32 Å². The summed E-state index contributed by atoms with van der Waals surface area (Å²) < 4.78 is 33.4. The maximum Gasteiger partial charge on any atom is 0.267 e. The minimum atomic E-state index is -0.931. The number of rotatable bonds is 3. The average molecular weight is 311 g/mol. The number of halogens is 2. The van der Waals surface area contributed by atoms with E-state index in [1.54, 1.807) is 0 Å². The van der Waals surface area contributed by atoms with Crippen molar-refractivity contribution in [2.75, 3.05) is 18.0 Å². The standard InChI is InChI=1S/C14H15F2N3O3/c15-9-3-8(22-11-1-2-12(20)18-14(11)21)4-10(16)13(9)19-5-7(17)6-19/h3-4,7,11H,1-2,5-6,17H2,(H,18,20,21). The van der Waals surface area contributed by atoms with Crippen molar-refractivity contribution in [3.63, 3.8) is 0 Å². The van der Waals surface area contributed by atoms with Crippen LogP contribution < -0.4 is 20.7 Å². The van der Waals surface area contributed by atoms with E-state index in [2.05, 4.69) is 5.32 Å². The quantitative estimate of drug-likeness (QED) is 0.784. The third-order valence-electron chi connectivity index (χ3n) is 3.68. The molecule has 2 fully saturated rings. The molecule has 1 atom stereocenters. The number of carbonyl (C=O) groups excluding carboxylic acids is 2. The number of benzene rings is 1. The van der Waals surface area contributed by atoms with Crippen molar-refractivity contribution >= 4 is 17.5 Å². The molecule has 1 aromatic rings. The first-order valence-electron chi connectivity index (χ1n) is 6.94. The molecule has 2 saturated heterocycles. The third-order valence-corrected chi connectivity index (χ3v) is 3.68. The molecule has 8 heteroatoms. The van der Waals surface area contributed by atoms with Gasteiger partial charge < -0.3 is 15.4 Å². The Balaban J connectivity index is 1.75. The van der Waals surface area contributed by atoms with E-state index in [0.717, 1.165) is 12.1 Å². The van der Waals surface area contributed by atoms with E-state index in [-0.39, 0.29) is 36.2 Å². The lowest BCUT2D eigenvalue weighted by molar-refractivity contribution is -0.138. The topological polar surface area (TPSA) is 84.7 Å². The van der Waals surface area contributed by atoms with E-state index in [1.807, 2.05) is 0 Å². The van der Waals surface area contributed by atoms with Crippen molar-refractivity contribution in [3.8, 4) is 5.75 Å². The molecular weight excluding hydrogens is 296 g/mol. The lowest BCUT2D eigenvalue weighted by atomic mass is 10.1. The van der Waals surface area contributed by atoms with Gasteiger partial charge in [0.2, 0.25) is 5.91 Å². The molecule has 2 aliphatic rings. The second kappa shape index (κ2) is 5.53. The van der Waals surface area contributed by atoms with E-state index in [0.29, 0.717) is 13.1 Å². The van der Waals surface area contributed by atoms with Crippen LogP contribution in [0.4, 0.5) is 14.5 Å². The molecule has 118 valence electrons. The minimum Gasteiger partial charge on any atom is -0.480 e. The Bertz CT molecular complexity index is 609. The van der Waals surface area contributed by atoms with Crippen LogP contribution in [0, 0.1) is 11.6 Å².